The smallest absolute Gasteiger partial charge is 0.231 e. The number of amides is 1. The highest BCUT2D eigenvalue weighted by Crippen LogP contribution is 2.18. The predicted molar refractivity (Wildman–Crippen MR) is 57.3 cm³/mol. The van der Waals surface area contributed by atoms with Crippen LogP contribution in [0.5, 0.6) is 0 Å². The average molecular weight is 242 g/mol. The molecule has 0 aromatic heterocycles. The maximum absolute atomic E-state index is 13.3. The highest BCUT2D eigenvalue weighted by Gasteiger charge is 2.31. The highest BCUT2D eigenvalue weighted by atomic mass is 19.1. The molecular formula is C11H12F2N2O2. The Labute approximate surface area is 96.7 Å². The van der Waals surface area contributed by atoms with E-state index in [2.05, 4.69) is 5.32 Å². The van der Waals surface area contributed by atoms with Gasteiger partial charge in [-0.05, 0) is 12.1 Å². The van der Waals surface area contributed by atoms with Crippen molar-refractivity contribution in [2.45, 2.75) is 6.04 Å². The molecule has 1 amide bonds. The Morgan fingerprint density at radius 2 is 2.18 bits per heavy atom. The fourth-order valence-corrected chi connectivity index (χ4v) is 1.66. The minimum absolute atomic E-state index is 0.0597. The number of carbonyl (C=O) groups excluding carboxylic acids is 1. The third-order valence-corrected chi connectivity index (χ3v) is 2.65. The first-order valence-electron chi connectivity index (χ1n) is 5.17. The lowest BCUT2D eigenvalue weighted by Gasteiger charge is -2.13. The summed E-state index contributed by atoms with van der Waals surface area (Å²) in [7, 11) is 0. The topological polar surface area (TPSA) is 64.3 Å². The summed E-state index contributed by atoms with van der Waals surface area (Å²) in [4.78, 5) is 11.7. The molecule has 2 unspecified atom stereocenters. The third-order valence-electron chi connectivity index (χ3n) is 2.65. The van der Waals surface area contributed by atoms with Crippen molar-refractivity contribution in [1.82, 2.24) is 0 Å². The average Bonchev–Trinajstić information content (AvgIpc) is 2.68. The number of hydrogen-bond acceptors (Lipinski definition) is 3. The van der Waals surface area contributed by atoms with E-state index in [-0.39, 0.29) is 12.3 Å². The maximum Gasteiger partial charge on any atom is 0.231 e. The summed E-state index contributed by atoms with van der Waals surface area (Å²) < 4.78 is 31.0. The number of ether oxygens (including phenoxy) is 1. The number of hydrogen-bond donors (Lipinski definition) is 2. The normalized spacial score (nSPS) is 23.7. The Balaban J connectivity index is 2.07. The largest absolute Gasteiger partial charge is 0.379 e. The molecule has 2 atom stereocenters. The number of nitrogens with two attached hydrogens (primary N) is 1. The van der Waals surface area contributed by atoms with Crippen LogP contribution in [0.4, 0.5) is 14.5 Å². The first-order chi connectivity index (χ1) is 8.08. The van der Waals surface area contributed by atoms with Crippen LogP contribution in [-0.4, -0.2) is 25.2 Å². The number of rotatable bonds is 2. The monoisotopic (exact) mass is 242 g/mol. The lowest BCUT2D eigenvalue weighted by Crippen LogP contribution is -2.37. The maximum atomic E-state index is 13.3. The Kier molecular flexibility index (Phi) is 3.35. The molecule has 1 heterocycles. The van der Waals surface area contributed by atoms with Crippen LogP contribution in [0.25, 0.3) is 0 Å². The van der Waals surface area contributed by atoms with Gasteiger partial charge in [0, 0.05) is 12.1 Å². The lowest BCUT2D eigenvalue weighted by molar-refractivity contribution is -0.120. The van der Waals surface area contributed by atoms with Gasteiger partial charge in [0.05, 0.1) is 24.8 Å². The fourth-order valence-electron chi connectivity index (χ4n) is 1.66. The molecule has 1 aliphatic rings. The van der Waals surface area contributed by atoms with Gasteiger partial charge in [0.2, 0.25) is 5.91 Å². The molecule has 4 nitrogen and oxygen atoms in total. The van der Waals surface area contributed by atoms with Crippen LogP contribution in [0.1, 0.15) is 0 Å². The standard InChI is InChI=1S/C11H12F2N2O2/c12-6-1-2-10(8(13)3-6)15-11(16)7-4-17-5-9(7)14/h1-3,7,9H,4-5,14H2,(H,15,16). The van der Waals surface area contributed by atoms with E-state index in [0.29, 0.717) is 12.7 Å². The van der Waals surface area contributed by atoms with Crippen LogP contribution in [-0.2, 0) is 9.53 Å². The van der Waals surface area contributed by atoms with Crippen LogP contribution in [0, 0.1) is 17.6 Å². The predicted octanol–water partition coefficient (Wildman–Crippen LogP) is 0.877. The first kappa shape index (κ1) is 11.9. The molecule has 0 aliphatic carbocycles. The van der Waals surface area contributed by atoms with E-state index in [0.717, 1.165) is 6.07 Å². The van der Waals surface area contributed by atoms with Crippen molar-refractivity contribution < 1.29 is 18.3 Å². The molecule has 6 heteroatoms. The van der Waals surface area contributed by atoms with Crippen LogP contribution in [0.3, 0.4) is 0 Å². The summed E-state index contributed by atoms with van der Waals surface area (Å²) >= 11 is 0. The summed E-state index contributed by atoms with van der Waals surface area (Å²) in [6, 6.07) is 2.56. The van der Waals surface area contributed by atoms with Crippen molar-refractivity contribution in [2.24, 2.45) is 11.7 Å². The molecule has 0 spiro atoms. The second-order valence-corrected chi connectivity index (χ2v) is 3.92. The molecule has 0 saturated carbocycles. The molecule has 3 N–H and O–H groups in total. The number of halogens is 2. The van der Waals surface area contributed by atoms with Crippen molar-refractivity contribution in [3.8, 4) is 0 Å². The van der Waals surface area contributed by atoms with Crippen LogP contribution < -0.4 is 11.1 Å². The van der Waals surface area contributed by atoms with Crippen molar-refractivity contribution in [3.63, 3.8) is 0 Å². The van der Waals surface area contributed by atoms with Crippen LogP contribution in [0.2, 0.25) is 0 Å². The minimum Gasteiger partial charge on any atom is -0.379 e. The van der Waals surface area contributed by atoms with Crippen LogP contribution >= 0.6 is 0 Å². The van der Waals surface area contributed by atoms with E-state index < -0.39 is 29.5 Å². The van der Waals surface area contributed by atoms with Gasteiger partial charge >= 0.3 is 0 Å². The summed E-state index contributed by atoms with van der Waals surface area (Å²) in [6.45, 7) is 0.528. The van der Waals surface area contributed by atoms with Gasteiger partial charge in [0.1, 0.15) is 11.6 Å². The van der Waals surface area contributed by atoms with E-state index in [4.69, 9.17) is 10.5 Å². The van der Waals surface area contributed by atoms with Crippen molar-refractivity contribution >= 4 is 11.6 Å². The van der Waals surface area contributed by atoms with Gasteiger partial charge in [-0.25, -0.2) is 8.78 Å². The zero-order valence-corrected chi connectivity index (χ0v) is 8.95. The number of benzene rings is 1. The molecule has 17 heavy (non-hydrogen) atoms. The molecule has 1 aromatic rings. The Bertz CT molecular complexity index is 439. The van der Waals surface area contributed by atoms with Gasteiger partial charge in [-0.3, -0.25) is 4.79 Å². The zero-order chi connectivity index (χ0) is 12.4. The van der Waals surface area contributed by atoms with Gasteiger partial charge in [0.15, 0.2) is 0 Å². The molecule has 1 fully saturated rings. The zero-order valence-electron chi connectivity index (χ0n) is 8.95. The van der Waals surface area contributed by atoms with Crippen molar-refractivity contribution in [2.75, 3.05) is 18.5 Å². The molecule has 0 bridgehead atoms. The SMILES string of the molecule is NC1COCC1C(=O)Nc1ccc(F)cc1F. The lowest BCUT2D eigenvalue weighted by atomic mass is 10.0. The summed E-state index contributed by atoms with van der Waals surface area (Å²) in [5, 5.41) is 2.37. The van der Waals surface area contributed by atoms with Gasteiger partial charge in [-0.1, -0.05) is 0 Å². The Morgan fingerprint density at radius 1 is 1.41 bits per heavy atom. The van der Waals surface area contributed by atoms with E-state index in [1.807, 2.05) is 0 Å². The van der Waals surface area contributed by atoms with Crippen LogP contribution in [0.15, 0.2) is 18.2 Å². The quantitative estimate of drug-likeness (QED) is 0.809. The molecule has 1 saturated heterocycles. The molecular weight excluding hydrogens is 230 g/mol. The molecule has 92 valence electrons. The fraction of sp³-hybridized carbons (Fsp3) is 0.364. The highest BCUT2D eigenvalue weighted by molar-refractivity contribution is 5.93. The van der Waals surface area contributed by atoms with Gasteiger partial charge in [-0.2, -0.15) is 0 Å². The Hall–Kier alpha value is -1.53. The van der Waals surface area contributed by atoms with E-state index in [1.54, 1.807) is 0 Å². The summed E-state index contributed by atoms with van der Waals surface area (Å²) in [6.07, 6.45) is 0. The van der Waals surface area contributed by atoms with Gasteiger partial charge in [0.25, 0.3) is 0 Å². The molecule has 0 radical (unpaired) electrons. The van der Waals surface area contributed by atoms with E-state index in [1.165, 1.54) is 6.07 Å². The van der Waals surface area contributed by atoms with Gasteiger partial charge in [-0.15, -0.1) is 0 Å². The Morgan fingerprint density at radius 3 is 2.76 bits per heavy atom. The van der Waals surface area contributed by atoms with Crippen molar-refractivity contribution in [3.05, 3.63) is 29.8 Å². The minimum atomic E-state index is -0.814. The third kappa shape index (κ3) is 2.59. The molecule has 1 aromatic carbocycles. The van der Waals surface area contributed by atoms with E-state index in [9.17, 15) is 13.6 Å². The van der Waals surface area contributed by atoms with Gasteiger partial charge < -0.3 is 15.8 Å². The summed E-state index contributed by atoms with van der Waals surface area (Å²) in [5.41, 5.74) is 5.60. The number of carbonyl (C=O) groups is 1. The number of anilines is 1. The first-order valence-corrected chi connectivity index (χ1v) is 5.17. The van der Waals surface area contributed by atoms with Crippen molar-refractivity contribution in [1.29, 1.82) is 0 Å². The van der Waals surface area contributed by atoms with E-state index >= 15 is 0 Å². The summed E-state index contributed by atoms with van der Waals surface area (Å²) in [5.74, 6) is -2.42. The molecule has 2 rings (SSSR count). The number of nitrogens with one attached hydrogen (secondary N) is 1. The molecule has 1 aliphatic heterocycles. The second-order valence-electron chi connectivity index (χ2n) is 3.92. The second kappa shape index (κ2) is 4.77.